The van der Waals surface area contributed by atoms with Gasteiger partial charge in [0.25, 0.3) is 0 Å². The summed E-state index contributed by atoms with van der Waals surface area (Å²) in [7, 11) is 0. The van der Waals surface area contributed by atoms with Gasteiger partial charge in [-0.15, -0.1) is 6.58 Å². The molecule has 0 bridgehead atoms. The molecule has 0 heterocycles. The quantitative estimate of drug-likeness (QED) is 0.639. The van der Waals surface area contributed by atoms with Gasteiger partial charge < -0.3 is 4.74 Å². The van der Waals surface area contributed by atoms with Crippen molar-refractivity contribution in [1.82, 2.24) is 0 Å². The summed E-state index contributed by atoms with van der Waals surface area (Å²) in [4.78, 5) is 0. The molecule has 1 unspecified atom stereocenters. The van der Waals surface area contributed by atoms with Crippen LogP contribution in [0.25, 0.3) is 0 Å². The topological polar surface area (TPSA) is 9.23 Å². The fourth-order valence-corrected chi connectivity index (χ4v) is 5.04. The molecule has 3 rings (SSSR count). The van der Waals surface area contributed by atoms with E-state index >= 15 is 0 Å². The third kappa shape index (κ3) is 1.80. The highest BCUT2D eigenvalue weighted by Crippen LogP contribution is 2.70. The zero-order valence-electron chi connectivity index (χ0n) is 13.1. The molecule has 0 aromatic heterocycles. The van der Waals surface area contributed by atoms with Crippen molar-refractivity contribution < 1.29 is 4.74 Å². The second-order valence-electron chi connectivity index (χ2n) is 8.58. The highest BCUT2D eigenvalue weighted by molar-refractivity contribution is 5.31. The maximum absolute atomic E-state index is 6.21. The van der Waals surface area contributed by atoms with E-state index in [-0.39, 0.29) is 5.60 Å². The van der Waals surface area contributed by atoms with Gasteiger partial charge in [-0.3, -0.25) is 0 Å². The molecule has 3 aliphatic rings. The predicted octanol–water partition coefficient (Wildman–Crippen LogP) is 4.94. The SMILES string of the molecule is C=C[C@@]12CCC(C)(C)C1[C@H]1C(OC(C)(C)C)=C[C@H]1C2. The standard InChI is InChI=1S/C18H28O/c1-7-18-9-8-17(5,6)15(18)14-12(11-18)10-13(14)19-16(2,3)4/h7,10,12,14-15H,1,8-9,11H2,2-6H3/t12-,14+,15?,18-/m0/s1. The van der Waals surface area contributed by atoms with Gasteiger partial charge in [-0.2, -0.15) is 0 Å². The Morgan fingerprint density at radius 2 is 2.00 bits per heavy atom. The number of hydrogen-bond acceptors (Lipinski definition) is 1. The van der Waals surface area contributed by atoms with E-state index in [1.54, 1.807) is 0 Å². The first-order chi connectivity index (χ1) is 8.69. The minimum absolute atomic E-state index is 0.0705. The number of fused-ring (bicyclic) bond motifs is 3. The summed E-state index contributed by atoms with van der Waals surface area (Å²) in [5, 5.41) is 0. The van der Waals surface area contributed by atoms with Gasteiger partial charge in [0.05, 0.1) is 5.76 Å². The first kappa shape index (κ1) is 13.3. The van der Waals surface area contributed by atoms with Gasteiger partial charge in [0.1, 0.15) is 5.60 Å². The Labute approximate surface area is 118 Å². The molecule has 0 spiro atoms. The van der Waals surface area contributed by atoms with Crippen LogP contribution in [-0.4, -0.2) is 5.60 Å². The van der Waals surface area contributed by atoms with Crippen molar-refractivity contribution in [3.05, 3.63) is 24.5 Å². The molecule has 0 aliphatic heterocycles. The third-order valence-corrected chi connectivity index (χ3v) is 5.67. The summed E-state index contributed by atoms with van der Waals surface area (Å²) >= 11 is 0. The van der Waals surface area contributed by atoms with Crippen molar-refractivity contribution >= 4 is 0 Å². The number of ether oxygens (including phenoxy) is 1. The van der Waals surface area contributed by atoms with Crippen molar-refractivity contribution in [3.8, 4) is 0 Å². The van der Waals surface area contributed by atoms with E-state index < -0.39 is 0 Å². The molecular weight excluding hydrogens is 232 g/mol. The second-order valence-corrected chi connectivity index (χ2v) is 8.58. The van der Waals surface area contributed by atoms with E-state index in [0.29, 0.717) is 16.7 Å². The molecule has 0 aromatic carbocycles. The lowest BCUT2D eigenvalue weighted by molar-refractivity contribution is -0.00408. The van der Waals surface area contributed by atoms with Crippen LogP contribution in [0.1, 0.15) is 53.9 Å². The molecule has 0 amide bonds. The minimum Gasteiger partial charge on any atom is -0.492 e. The average molecular weight is 260 g/mol. The summed E-state index contributed by atoms with van der Waals surface area (Å²) in [6.45, 7) is 15.5. The van der Waals surface area contributed by atoms with Gasteiger partial charge in [0.2, 0.25) is 0 Å². The molecular formula is C18H28O. The third-order valence-electron chi connectivity index (χ3n) is 5.67. The van der Waals surface area contributed by atoms with Crippen LogP contribution in [0.15, 0.2) is 24.5 Å². The highest BCUT2D eigenvalue weighted by atomic mass is 16.5. The van der Waals surface area contributed by atoms with E-state index in [2.05, 4.69) is 53.3 Å². The molecule has 0 radical (unpaired) electrons. The van der Waals surface area contributed by atoms with E-state index in [9.17, 15) is 0 Å². The number of rotatable bonds is 2. The van der Waals surface area contributed by atoms with Crippen LogP contribution in [0.3, 0.4) is 0 Å². The monoisotopic (exact) mass is 260 g/mol. The van der Waals surface area contributed by atoms with Crippen LogP contribution in [-0.2, 0) is 4.74 Å². The molecule has 2 saturated carbocycles. The highest BCUT2D eigenvalue weighted by Gasteiger charge is 2.64. The van der Waals surface area contributed by atoms with Gasteiger partial charge in [-0.25, -0.2) is 0 Å². The summed E-state index contributed by atoms with van der Waals surface area (Å²) in [5.41, 5.74) is 0.728. The van der Waals surface area contributed by atoms with Crippen LogP contribution in [0.2, 0.25) is 0 Å². The van der Waals surface area contributed by atoms with E-state index in [1.807, 2.05) is 0 Å². The normalized spacial score (nSPS) is 43.0. The number of allylic oxidation sites excluding steroid dienone is 3. The van der Waals surface area contributed by atoms with Gasteiger partial charge in [0.15, 0.2) is 0 Å². The zero-order chi connectivity index (χ0) is 14.1. The van der Waals surface area contributed by atoms with Crippen LogP contribution in [0.4, 0.5) is 0 Å². The van der Waals surface area contributed by atoms with E-state index in [1.165, 1.54) is 25.0 Å². The Hall–Kier alpha value is -0.720. The van der Waals surface area contributed by atoms with Gasteiger partial charge in [0, 0.05) is 5.92 Å². The molecule has 1 heteroatoms. The average Bonchev–Trinajstić information content (AvgIpc) is 2.66. The molecule has 1 nitrogen and oxygen atoms in total. The van der Waals surface area contributed by atoms with Crippen LogP contribution in [0, 0.1) is 28.6 Å². The van der Waals surface area contributed by atoms with E-state index in [4.69, 9.17) is 4.74 Å². The van der Waals surface area contributed by atoms with Crippen LogP contribution in [0.5, 0.6) is 0 Å². The Kier molecular flexibility index (Phi) is 2.57. The van der Waals surface area contributed by atoms with Crippen LogP contribution < -0.4 is 0 Å². The summed E-state index contributed by atoms with van der Waals surface area (Å²) in [5.74, 6) is 3.38. The molecule has 0 aromatic rings. The predicted molar refractivity (Wildman–Crippen MR) is 79.7 cm³/mol. The molecule has 2 fully saturated rings. The maximum atomic E-state index is 6.21. The molecule has 0 saturated heterocycles. The second kappa shape index (κ2) is 3.68. The number of hydrogen-bond donors (Lipinski definition) is 0. The lowest BCUT2D eigenvalue weighted by Gasteiger charge is -2.42. The Morgan fingerprint density at radius 1 is 1.32 bits per heavy atom. The van der Waals surface area contributed by atoms with Crippen molar-refractivity contribution in [2.24, 2.45) is 28.6 Å². The molecule has 0 N–H and O–H groups in total. The van der Waals surface area contributed by atoms with Crippen molar-refractivity contribution in [3.63, 3.8) is 0 Å². The van der Waals surface area contributed by atoms with Gasteiger partial charge in [-0.1, -0.05) is 19.9 Å². The summed E-state index contributed by atoms with van der Waals surface area (Å²) in [6.07, 6.45) is 8.60. The first-order valence-corrected chi connectivity index (χ1v) is 7.73. The summed E-state index contributed by atoms with van der Waals surface area (Å²) < 4.78 is 6.21. The molecule has 19 heavy (non-hydrogen) atoms. The largest absolute Gasteiger partial charge is 0.492 e. The van der Waals surface area contributed by atoms with Gasteiger partial charge in [-0.05, 0) is 68.8 Å². The molecule has 3 aliphatic carbocycles. The molecule has 106 valence electrons. The van der Waals surface area contributed by atoms with Crippen LogP contribution >= 0.6 is 0 Å². The minimum atomic E-state index is -0.0705. The molecule has 4 atom stereocenters. The maximum Gasteiger partial charge on any atom is 0.100 e. The lowest BCUT2D eigenvalue weighted by atomic mass is 9.66. The van der Waals surface area contributed by atoms with Crippen molar-refractivity contribution in [2.75, 3.05) is 0 Å². The summed E-state index contributed by atoms with van der Waals surface area (Å²) in [6, 6.07) is 0. The van der Waals surface area contributed by atoms with E-state index in [0.717, 1.165) is 11.8 Å². The zero-order valence-corrected chi connectivity index (χ0v) is 13.1. The lowest BCUT2D eigenvalue weighted by Crippen LogP contribution is -2.37. The van der Waals surface area contributed by atoms with Crippen molar-refractivity contribution in [2.45, 2.75) is 59.5 Å². The Morgan fingerprint density at radius 3 is 2.58 bits per heavy atom. The fourth-order valence-electron chi connectivity index (χ4n) is 5.04. The Balaban J connectivity index is 1.90. The Bertz CT molecular complexity index is 437. The fraction of sp³-hybridized carbons (Fsp3) is 0.778. The van der Waals surface area contributed by atoms with Gasteiger partial charge >= 0.3 is 0 Å². The smallest absolute Gasteiger partial charge is 0.100 e. The first-order valence-electron chi connectivity index (χ1n) is 7.73. The van der Waals surface area contributed by atoms with Crippen molar-refractivity contribution in [1.29, 1.82) is 0 Å².